The average Bonchev–Trinajstić information content (AvgIpc) is 3.26. The third-order valence-electron chi connectivity index (χ3n) is 3.31. The highest BCUT2D eigenvalue weighted by molar-refractivity contribution is 5.86. The number of hydrogen-bond acceptors (Lipinski definition) is 6. The SMILES string of the molecule is COc1cc(C(=O)OC(C)c2ccc(-n3cccn3)cc2)on1. The van der Waals surface area contributed by atoms with E-state index in [9.17, 15) is 4.79 Å². The molecule has 1 unspecified atom stereocenters. The lowest BCUT2D eigenvalue weighted by Gasteiger charge is -2.13. The summed E-state index contributed by atoms with van der Waals surface area (Å²) in [5.41, 5.74) is 1.79. The fourth-order valence-corrected chi connectivity index (χ4v) is 2.06. The molecule has 0 aliphatic heterocycles. The summed E-state index contributed by atoms with van der Waals surface area (Å²) in [5, 5.41) is 7.73. The summed E-state index contributed by atoms with van der Waals surface area (Å²) in [5.74, 6) is -0.362. The second kappa shape index (κ2) is 6.35. The second-order valence-corrected chi connectivity index (χ2v) is 4.82. The maximum absolute atomic E-state index is 12.0. The highest BCUT2D eigenvalue weighted by Gasteiger charge is 2.19. The van der Waals surface area contributed by atoms with Crippen molar-refractivity contribution in [2.24, 2.45) is 0 Å². The molecule has 0 radical (unpaired) electrons. The molecular formula is C16H15N3O4. The van der Waals surface area contributed by atoms with Crippen LogP contribution < -0.4 is 4.74 Å². The first-order valence-corrected chi connectivity index (χ1v) is 6.99. The van der Waals surface area contributed by atoms with Crippen molar-refractivity contribution in [3.63, 3.8) is 0 Å². The van der Waals surface area contributed by atoms with Gasteiger partial charge in [-0.05, 0) is 35.8 Å². The van der Waals surface area contributed by atoms with Crippen LogP contribution in [0.25, 0.3) is 5.69 Å². The first-order chi connectivity index (χ1) is 11.2. The third-order valence-corrected chi connectivity index (χ3v) is 3.31. The van der Waals surface area contributed by atoms with Gasteiger partial charge in [0.05, 0.1) is 18.9 Å². The molecule has 1 aromatic carbocycles. The Morgan fingerprint density at radius 2 is 2.09 bits per heavy atom. The zero-order valence-electron chi connectivity index (χ0n) is 12.7. The van der Waals surface area contributed by atoms with Crippen molar-refractivity contribution in [3.05, 3.63) is 60.1 Å². The molecule has 7 heteroatoms. The van der Waals surface area contributed by atoms with Crippen LogP contribution in [0.2, 0.25) is 0 Å². The zero-order valence-corrected chi connectivity index (χ0v) is 12.7. The van der Waals surface area contributed by atoms with Gasteiger partial charge in [0, 0.05) is 12.4 Å². The molecule has 0 spiro atoms. The van der Waals surface area contributed by atoms with E-state index < -0.39 is 12.1 Å². The Hall–Kier alpha value is -3.09. The number of hydrogen-bond donors (Lipinski definition) is 0. The Morgan fingerprint density at radius 1 is 1.30 bits per heavy atom. The van der Waals surface area contributed by atoms with Crippen LogP contribution in [0.1, 0.15) is 29.1 Å². The molecule has 0 bridgehead atoms. The van der Waals surface area contributed by atoms with E-state index in [1.165, 1.54) is 13.2 Å². The van der Waals surface area contributed by atoms with Crippen LogP contribution in [0.15, 0.2) is 53.3 Å². The first-order valence-electron chi connectivity index (χ1n) is 6.99. The third kappa shape index (κ3) is 3.23. The fourth-order valence-electron chi connectivity index (χ4n) is 2.06. The number of carbonyl (C=O) groups is 1. The average molecular weight is 313 g/mol. The molecule has 3 aromatic rings. The molecule has 3 rings (SSSR count). The predicted octanol–water partition coefficient (Wildman–Crippen LogP) is 2.79. The predicted molar refractivity (Wildman–Crippen MR) is 80.4 cm³/mol. The number of aromatic nitrogens is 3. The van der Waals surface area contributed by atoms with E-state index in [1.807, 2.05) is 36.5 Å². The molecule has 0 amide bonds. The van der Waals surface area contributed by atoms with Crippen molar-refractivity contribution in [1.29, 1.82) is 0 Å². The molecule has 118 valence electrons. The van der Waals surface area contributed by atoms with Gasteiger partial charge in [0.15, 0.2) is 0 Å². The van der Waals surface area contributed by atoms with E-state index in [0.29, 0.717) is 0 Å². The normalized spacial score (nSPS) is 11.9. The van der Waals surface area contributed by atoms with E-state index in [-0.39, 0.29) is 11.6 Å². The van der Waals surface area contributed by atoms with Crippen LogP contribution in [-0.4, -0.2) is 28.0 Å². The van der Waals surface area contributed by atoms with Gasteiger partial charge in [-0.3, -0.25) is 0 Å². The smallest absolute Gasteiger partial charge is 0.377 e. The summed E-state index contributed by atoms with van der Waals surface area (Å²) in [7, 11) is 1.44. The van der Waals surface area contributed by atoms with Crippen molar-refractivity contribution in [1.82, 2.24) is 14.9 Å². The molecule has 0 N–H and O–H groups in total. The van der Waals surface area contributed by atoms with E-state index >= 15 is 0 Å². The standard InChI is InChI=1S/C16H15N3O4/c1-11(22-16(20)14-10-15(21-2)18-23-14)12-4-6-13(7-5-12)19-9-3-8-17-19/h3-11H,1-2H3. The number of methoxy groups -OCH3 is 1. The summed E-state index contributed by atoms with van der Waals surface area (Å²) in [6, 6.07) is 10.8. The Bertz CT molecular complexity index is 778. The minimum atomic E-state index is -0.593. The summed E-state index contributed by atoms with van der Waals surface area (Å²) in [6.45, 7) is 1.79. The topological polar surface area (TPSA) is 79.4 Å². The molecule has 23 heavy (non-hydrogen) atoms. The van der Waals surface area contributed by atoms with E-state index in [0.717, 1.165) is 11.3 Å². The Balaban J connectivity index is 1.68. The number of nitrogens with zero attached hydrogens (tertiary/aromatic N) is 3. The second-order valence-electron chi connectivity index (χ2n) is 4.82. The summed E-state index contributed by atoms with van der Waals surface area (Å²) in [6.07, 6.45) is 3.14. The summed E-state index contributed by atoms with van der Waals surface area (Å²) < 4.78 is 16.8. The molecule has 0 aliphatic carbocycles. The van der Waals surface area contributed by atoms with Crippen LogP contribution in [0.3, 0.4) is 0 Å². The largest absolute Gasteiger partial charge is 0.479 e. The Kier molecular flexibility index (Phi) is 4.09. The van der Waals surface area contributed by atoms with Gasteiger partial charge in [-0.2, -0.15) is 5.10 Å². The van der Waals surface area contributed by atoms with Crippen LogP contribution in [0.4, 0.5) is 0 Å². The van der Waals surface area contributed by atoms with Gasteiger partial charge in [0.1, 0.15) is 6.10 Å². The monoisotopic (exact) mass is 313 g/mol. The number of benzene rings is 1. The van der Waals surface area contributed by atoms with Gasteiger partial charge < -0.3 is 14.0 Å². The number of rotatable bonds is 5. The van der Waals surface area contributed by atoms with Crippen LogP contribution in [0, 0.1) is 0 Å². The lowest BCUT2D eigenvalue weighted by atomic mass is 10.1. The molecule has 0 saturated carbocycles. The number of ether oxygens (including phenoxy) is 2. The zero-order chi connectivity index (χ0) is 16.2. The van der Waals surface area contributed by atoms with Crippen LogP contribution in [0.5, 0.6) is 5.88 Å². The molecule has 2 aromatic heterocycles. The molecule has 0 saturated heterocycles. The number of carbonyl (C=O) groups excluding carboxylic acids is 1. The van der Waals surface area contributed by atoms with E-state index in [4.69, 9.17) is 14.0 Å². The fraction of sp³-hybridized carbons (Fsp3) is 0.188. The van der Waals surface area contributed by atoms with Gasteiger partial charge in [-0.15, -0.1) is 0 Å². The van der Waals surface area contributed by atoms with Gasteiger partial charge >= 0.3 is 5.97 Å². The van der Waals surface area contributed by atoms with Gasteiger partial charge in [-0.1, -0.05) is 12.1 Å². The van der Waals surface area contributed by atoms with E-state index in [1.54, 1.807) is 17.8 Å². The lowest BCUT2D eigenvalue weighted by Crippen LogP contribution is -2.08. The van der Waals surface area contributed by atoms with Crippen molar-refractivity contribution >= 4 is 5.97 Å². The minimum Gasteiger partial charge on any atom is -0.479 e. The number of esters is 1. The van der Waals surface area contributed by atoms with Crippen LogP contribution in [-0.2, 0) is 4.74 Å². The maximum Gasteiger partial charge on any atom is 0.377 e. The minimum absolute atomic E-state index is 0.00172. The van der Waals surface area contributed by atoms with E-state index in [2.05, 4.69) is 10.3 Å². The van der Waals surface area contributed by atoms with Gasteiger partial charge in [-0.25, -0.2) is 9.48 Å². The Labute approximate surface area is 132 Å². The highest BCUT2D eigenvalue weighted by atomic mass is 16.6. The van der Waals surface area contributed by atoms with Gasteiger partial charge in [0.2, 0.25) is 5.76 Å². The van der Waals surface area contributed by atoms with Crippen molar-refractivity contribution in [2.45, 2.75) is 13.0 Å². The molecule has 7 nitrogen and oxygen atoms in total. The Morgan fingerprint density at radius 3 is 2.70 bits per heavy atom. The van der Waals surface area contributed by atoms with Gasteiger partial charge in [0.25, 0.3) is 5.88 Å². The highest BCUT2D eigenvalue weighted by Crippen LogP contribution is 2.21. The van der Waals surface area contributed by atoms with Crippen molar-refractivity contribution < 1.29 is 18.8 Å². The lowest BCUT2D eigenvalue weighted by molar-refractivity contribution is 0.0291. The molecule has 2 heterocycles. The molecule has 0 aliphatic rings. The summed E-state index contributed by atoms with van der Waals surface area (Å²) >= 11 is 0. The maximum atomic E-state index is 12.0. The van der Waals surface area contributed by atoms with Crippen LogP contribution >= 0.6 is 0 Å². The molecular weight excluding hydrogens is 298 g/mol. The molecule has 1 atom stereocenters. The quantitative estimate of drug-likeness (QED) is 0.674. The van der Waals surface area contributed by atoms with Crippen molar-refractivity contribution in [3.8, 4) is 11.6 Å². The first kappa shape index (κ1) is 14.8. The summed E-state index contributed by atoms with van der Waals surface area (Å²) in [4.78, 5) is 12.0. The van der Waals surface area contributed by atoms with Crippen molar-refractivity contribution in [2.75, 3.05) is 7.11 Å². The molecule has 0 fully saturated rings.